The minimum atomic E-state index is -1.15. The summed E-state index contributed by atoms with van der Waals surface area (Å²) in [4.78, 5) is 50.0. The number of nitrogens with zero attached hydrogens (tertiary/aromatic N) is 1. The molecular weight excluding hydrogens is 364 g/mol. The molecule has 1 heterocycles. The first-order chi connectivity index (χ1) is 12.9. The molecule has 0 unspecified atom stereocenters. The van der Waals surface area contributed by atoms with Gasteiger partial charge in [0, 0.05) is 17.7 Å². The number of amides is 3. The lowest BCUT2D eigenvalue weighted by molar-refractivity contribution is -0.154. The van der Waals surface area contributed by atoms with Crippen molar-refractivity contribution in [3.63, 3.8) is 0 Å². The molecule has 9 heteroatoms. The molecule has 0 aliphatic heterocycles. The zero-order chi connectivity index (χ0) is 21.6. The van der Waals surface area contributed by atoms with Crippen molar-refractivity contribution in [1.82, 2.24) is 15.6 Å². The van der Waals surface area contributed by atoms with Crippen LogP contribution in [0.2, 0.25) is 0 Å². The second kappa shape index (κ2) is 9.17. The van der Waals surface area contributed by atoms with Crippen molar-refractivity contribution in [2.75, 3.05) is 0 Å². The number of carbonyl (C=O) groups is 3. The van der Waals surface area contributed by atoms with Crippen LogP contribution in [0, 0.1) is 25.2 Å². The summed E-state index contributed by atoms with van der Waals surface area (Å²) in [6, 6.07) is 1.17. The van der Waals surface area contributed by atoms with Gasteiger partial charge in [-0.2, -0.15) is 5.26 Å². The van der Waals surface area contributed by atoms with Crippen molar-refractivity contribution in [1.29, 1.82) is 5.26 Å². The van der Waals surface area contributed by atoms with Gasteiger partial charge >= 0.3 is 12.0 Å². The Kier molecular flexibility index (Phi) is 7.50. The van der Waals surface area contributed by atoms with Crippen LogP contribution in [0.1, 0.15) is 56.5 Å². The number of esters is 1. The predicted molar refractivity (Wildman–Crippen MR) is 102 cm³/mol. The number of nitriles is 1. The standard InChI is InChI=1S/C19H26N4O5/c1-10-13(11(2)21-17(26)14(10)9-20)7-8-15(24)28-12(3)16(25)22-18(27)23-19(4,5)6/h12H,7-8H2,1-6H3,(H,21,26)(H2,22,23,25,27)/t12-/m1/s1. The van der Waals surface area contributed by atoms with Crippen molar-refractivity contribution in [3.05, 3.63) is 32.7 Å². The normalized spacial score (nSPS) is 11.9. The number of H-pyrrole nitrogens is 1. The van der Waals surface area contributed by atoms with Crippen LogP contribution in [0.4, 0.5) is 4.79 Å². The Balaban J connectivity index is 2.66. The molecule has 0 spiro atoms. The first kappa shape index (κ1) is 22.9. The minimum absolute atomic E-state index is 0.00609. The molecule has 0 aliphatic carbocycles. The summed E-state index contributed by atoms with van der Waals surface area (Å²) in [6.07, 6.45) is -0.962. The molecule has 0 aliphatic rings. The molecule has 152 valence electrons. The number of rotatable bonds is 5. The van der Waals surface area contributed by atoms with E-state index in [9.17, 15) is 19.2 Å². The number of carbonyl (C=O) groups excluding carboxylic acids is 3. The van der Waals surface area contributed by atoms with Gasteiger partial charge in [-0.25, -0.2) is 4.79 Å². The van der Waals surface area contributed by atoms with Gasteiger partial charge in [-0.05, 0) is 59.1 Å². The first-order valence-corrected chi connectivity index (χ1v) is 8.80. The maximum atomic E-state index is 12.1. The molecule has 0 aromatic carbocycles. The quantitative estimate of drug-likeness (QED) is 0.648. The highest BCUT2D eigenvalue weighted by atomic mass is 16.5. The van der Waals surface area contributed by atoms with Crippen molar-refractivity contribution in [3.8, 4) is 6.07 Å². The molecule has 0 radical (unpaired) electrons. The number of nitrogens with one attached hydrogen (secondary N) is 3. The molecule has 0 bridgehead atoms. The van der Waals surface area contributed by atoms with E-state index >= 15 is 0 Å². The van der Waals surface area contributed by atoms with Crippen LogP contribution in [-0.4, -0.2) is 34.5 Å². The average molecular weight is 390 g/mol. The molecule has 0 saturated heterocycles. The molecule has 28 heavy (non-hydrogen) atoms. The van der Waals surface area contributed by atoms with Gasteiger partial charge in [0.1, 0.15) is 11.6 Å². The number of pyridine rings is 1. The fraction of sp³-hybridized carbons (Fsp3) is 0.526. The van der Waals surface area contributed by atoms with Crippen molar-refractivity contribution < 1.29 is 19.1 Å². The number of imide groups is 1. The maximum Gasteiger partial charge on any atom is 0.321 e. The van der Waals surface area contributed by atoms with E-state index < -0.39 is 35.1 Å². The highest BCUT2D eigenvalue weighted by Gasteiger charge is 2.22. The third-order valence-corrected chi connectivity index (χ3v) is 3.90. The summed E-state index contributed by atoms with van der Waals surface area (Å²) in [6.45, 7) is 9.98. The van der Waals surface area contributed by atoms with E-state index in [-0.39, 0.29) is 18.4 Å². The Hall–Kier alpha value is -3.15. The Morgan fingerprint density at radius 3 is 2.39 bits per heavy atom. The largest absolute Gasteiger partial charge is 0.453 e. The number of hydrogen-bond donors (Lipinski definition) is 3. The fourth-order valence-corrected chi connectivity index (χ4v) is 2.54. The van der Waals surface area contributed by atoms with Gasteiger partial charge in [-0.1, -0.05) is 0 Å². The minimum Gasteiger partial charge on any atom is -0.453 e. The summed E-state index contributed by atoms with van der Waals surface area (Å²) in [7, 11) is 0. The molecule has 0 saturated carbocycles. The van der Waals surface area contributed by atoms with Crippen LogP contribution < -0.4 is 16.2 Å². The summed E-state index contributed by atoms with van der Waals surface area (Å²) < 4.78 is 5.06. The molecule has 1 aromatic heterocycles. The van der Waals surface area contributed by atoms with E-state index in [1.54, 1.807) is 34.6 Å². The van der Waals surface area contributed by atoms with Crippen LogP contribution in [-0.2, 0) is 20.7 Å². The fourth-order valence-electron chi connectivity index (χ4n) is 2.54. The second-order valence-corrected chi connectivity index (χ2v) is 7.49. The lowest BCUT2D eigenvalue weighted by Gasteiger charge is -2.21. The summed E-state index contributed by atoms with van der Waals surface area (Å²) in [5.74, 6) is -1.37. The Labute approximate surface area is 163 Å². The number of aryl methyl sites for hydroxylation is 1. The molecule has 1 aromatic rings. The SMILES string of the molecule is Cc1[nH]c(=O)c(C#N)c(C)c1CCC(=O)O[C@H](C)C(=O)NC(=O)NC(C)(C)C. The van der Waals surface area contributed by atoms with E-state index in [0.717, 1.165) is 0 Å². The molecule has 1 rings (SSSR count). The second-order valence-electron chi connectivity index (χ2n) is 7.49. The van der Waals surface area contributed by atoms with Gasteiger partial charge in [-0.15, -0.1) is 0 Å². The molecular formula is C19H26N4O5. The van der Waals surface area contributed by atoms with E-state index in [0.29, 0.717) is 16.8 Å². The number of hydrogen-bond acceptors (Lipinski definition) is 6. The van der Waals surface area contributed by atoms with Gasteiger partial charge in [0.2, 0.25) is 0 Å². The van der Waals surface area contributed by atoms with Crippen molar-refractivity contribution in [2.24, 2.45) is 0 Å². The number of ether oxygens (including phenoxy) is 1. The lowest BCUT2D eigenvalue weighted by atomic mass is 9.99. The summed E-state index contributed by atoms with van der Waals surface area (Å²) in [5, 5.41) is 13.8. The van der Waals surface area contributed by atoms with E-state index in [1.165, 1.54) is 6.92 Å². The average Bonchev–Trinajstić information content (AvgIpc) is 2.52. The summed E-state index contributed by atoms with van der Waals surface area (Å²) >= 11 is 0. The van der Waals surface area contributed by atoms with Gasteiger partial charge < -0.3 is 15.0 Å². The molecule has 1 atom stereocenters. The van der Waals surface area contributed by atoms with Crippen LogP contribution >= 0.6 is 0 Å². The Bertz CT molecular complexity index is 874. The predicted octanol–water partition coefficient (Wildman–Crippen LogP) is 1.35. The summed E-state index contributed by atoms with van der Waals surface area (Å²) in [5.41, 5.74) is 0.781. The first-order valence-electron chi connectivity index (χ1n) is 8.80. The van der Waals surface area contributed by atoms with Gasteiger partial charge in [0.15, 0.2) is 6.10 Å². The molecule has 3 amide bonds. The van der Waals surface area contributed by atoms with Crippen LogP contribution in [0.3, 0.4) is 0 Å². The van der Waals surface area contributed by atoms with Gasteiger partial charge in [-0.3, -0.25) is 19.7 Å². The van der Waals surface area contributed by atoms with Crippen LogP contribution in [0.15, 0.2) is 4.79 Å². The van der Waals surface area contributed by atoms with Gasteiger partial charge in [0.05, 0.1) is 0 Å². The van der Waals surface area contributed by atoms with Crippen LogP contribution in [0.25, 0.3) is 0 Å². The van der Waals surface area contributed by atoms with Crippen molar-refractivity contribution >= 4 is 17.9 Å². The zero-order valence-corrected chi connectivity index (χ0v) is 17.0. The Morgan fingerprint density at radius 1 is 1.25 bits per heavy atom. The molecule has 3 N–H and O–H groups in total. The highest BCUT2D eigenvalue weighted by molar-refractivity contribution is 5.97. The van der Waals surface area contributed by atoms with Gasteiger partial charge in [0.25, 0.3) is 11.5 Å². The van der Waals surface area contributed by atoms with E-state index in [4.69, 9.17) is 10.00 Å². The molecule has 9 nitrogen and oxygen atoms in total. The zero-order valence-electron chi connectivity index (χ0n) is 17.0. The molecule has 0 fully saturated rings. The topological polar surface area (TPSA) is 141 Å². The third-order valence-electron chi connectivity index (χ3n) is 3.90. The number of aromatic nitrogens is 1. The number of urea groups is 1. The van der Waals surface area contributed by atoms with E-state index in [2.05, 4.69) is 15.6 Å². The monoisotopic (exact) mass is 390 g/mol. The lowest BCUT2D eigenvalue weighted by Crippen LogP contribution is -2.50. The maximum absolute atomic E-state index is 12.1. The highest BCUT2D eigenvalue weighted by Crippen LogP contribution is 2.15. The van der Waals surface area contributed by atoms with E-state index in [1.807, 2.05) is 6.07 Å². The van der Waals surface area contributed by atoms with Crippen molar-refractivity contribution in [2.45, 2.75) is 66.0 Å². The number of aromatic amines is 1. The third kappa shape index (κ3) is 6.54. The smallest absolute Gasteiger partial charge is 0.321 e. The Morgan fingerprint density at radius 2 is 1.86 bits per heavy atom. The van der Waals surface area contributed by atoms with Crippen LogP contribution in [0.5, 0.6) is 0 Å².